The van der Waals surface area contributed by atoms with Crippen molar-refractivity contribution in [1.29, 1.82) is 0 Å². The lowest BCUT2D eigenvalue weighted by Crippen LogP contribution is -2.12. The van der Waals surface area contributed by atoms with Crippen molar-refractivity contribution >= 4 is 9.84 Å². The van der Waals surface area contributed by atoms with Crippen molar-refractivity contribution < 1.29 is 18.3 Å². The number of fused-ring (bicyclic) bond motifs is 1. The molecule has 0 aliphatic carbocycles. The largest absolute Gasteiger partial charge is 0.364 e. The average molecular weight is 318 g/mol. The van der Waals surface area contributed by atoms with Gasteiger partial charge >= 0.3 is 0 Å². The van der Waals surface area contributed by atoms with Gasteiger partial charge in [-0.1, -0.05) is 48.5 Å². The van der Waals surface area contributed by atoms with Crippen LogP contribution in [0.1, 0.15) is 34.6 Å². The van der Waals surface area contributed by atoms with Crippen LogP contribution in [0.15, 0.2) is 48.5 Å². The second-order valence-corrected chi connectivity index (χ2v) is 7.88. The fourth-order valence-corrected chi connectivity index (χ4v) is 3.59. The monoisotopic (exact) mass is 318 g/mol. The maximum Gasteiger partial charge on any atom is 0.182 e. The maximum atomic E-state index is 11.5. The van der Waals surface area contributed by atoms with Gasteiger partial charge < -0.3 is 9.84 Å². The van der Waals surface area contributed by atoms with Crippen molar-refractivity contribution in [3.05, 3.63) is 70.8 Å². The number of hydrogen-bond acceptors (Lipinski definition) is 4. The van der Waals surface area contributed by atoms with E-state index >= 15 is 0 Å². The number of sulfone groups is 1. The Labute approximate surface area is 130 Å². The molecule has 3 rings (SSSR count). The molecular weight excluding hydrogens is 300 g/mol. The molecule has 1 N–H and O–H groups in total. The van der Waals surface area contributed by atoms with Crippen molar-refractivity contribution in [1.82, 2.24) is 0 Å². The quantitative estimate of drug-likeness (QED) is 0.940. The summed E-state index contributed by atoms with van der Waals surface area (Å²) in [5, 5.41) is 10.0. The van der Waals surface area contributed by atoms with Crippen molar-refractivity contribution in [3.63, 3.8) is 0 Å². The number of benzene rings is 2. The first-order valence-corrected chi connectivity index (χ1v) is 9.16. The Morgan fingerprint density at radius 2 is 1.77 bits per heavy atom. The number of hydrogen-bond donors (Lipinski definition) is 1. The van der Waals surface area contributed by atoms with Crippen LogP contribution in [-0.4, -0.2) is 25.5 Å². The van der Waals surface area contributed by atoms with E-state index in [2.05, 4.69) is 0 Å². The molecule has 2 atom stereocenters. The van der Waals surface area contributed by atoms with Gasteiger partial charge in [0.2, 0.25) is 0 Å². The maximum absolute atomic E-state index is 11.5. The van der Waals surface area contributed by atoms with E-state index in [1.54, 1.807) is 0 Å². The van der Waals surface area contributed by atoms with E-state index in [0.29, 0.717) is 5.56 Å². The molecule has 2 aromatic carbocycles. The number of ether oxygens (including phenoxy) is 1. The van der Waals surface area contributed by atoms with Crippen LogP contribution in [0.3, 0.4) is 0 Å². The molecule has 1 aliphatic rings. The second kappa shape index (κ2) is 5.83. The van der Waals surface area contributed by atoms with Gasteiger partial charge in [-0.15, -0.1) is 0 Å². The number of aliphatic hydroxyl groups is 1. The summed E-state index contributed by atoms with van der Waals surface area (Å²) in [6.45, 7) is 0. The van der Waals surface area contributed by atoms with E-state index in [0.717, 1.165) is 17.5 Å². The molecule has 4 nitrogen and oxygen atoms in total. The Kier molecular flexibility index (Phi) is 4.04. The normalized spacial score (nSPS) is 20.8. The van der Waals surface area contributed by atoms with Crippen molar-refractivity contribution in [2.75, 3.05) is 12.0 Å². The van der Waals surface area contributed by atoms with Crippen LogP contribution in [0.4, 0.5) is 0 Å². The molecule has 0 saturated heterocycles. The van der Waals surface area contributed by atoms with E-state index in [-0.39, 0.29) is 5.75 Å². The SMILES string of the molecule is CS(=O)(=O)CC1OC(O)c2cc(Cc3ccccc3)ccc21. The number of rotatable bonds is 4. The summed E-state index contributed by atoms with van der Waals surface area (Å²) in [5.41, 5.74) is 3.67. The molecule has 22 heavy (non-hydrogen) atoms. The van der Waals surface area contributed by atoms with Crippen LogP contribution in [0.5, 0.6) is 0 Å². The van der Waals surface area contributed by atoms with Crippen LogP contribution in [0.25, 0.3) is 0 Å². The minimum Gasteiger partial charge on any atom is -0.364 e. The van der Waals surface area contributed by atoms with Gasteiger partial charge in [0.05, 0.1) is 5.75 Å². The third-order valence-electron chi connectivity index (χ3n) is 3.76. The Morgan fingerprint density at radius 1 is 1.05 bits per heavy atom. The Hall–Kier alpha value is -1.69. The lowest BCUT2D eigenvalue weighted by atomic mass is 9.98. The van der Waals surface area contributed by atoms with Gasteiger partial charge in [0, 0.05) is 11.8 Å². The Bertz CT molecular complexity index is 769. The van der Waals surface area contributed by atoms with Gasteiger partial charge in [0.15, 0.2) is 6.29 Å². The summed E-state index contributed by atoms with van der Waals surface area (Å²) in [6.07, 6.45) is 0.283. The highest BCUT2D eigenvalue weighted by Gasteiger charge is 2.32. The van der Waals surface area contributed by atoms with Gasteiger partial charge in [-0.25, -0.2) is 8.42 Å². The third-order valence-corrected chi connectivity index (χ3v) is 4.67. The summed E-state index contributed by atoms with van der Waals surface area (Å²) < 4.78 is 28.3. The standard InChI is InChI=1S/C17H18O4S/c1-22(19,20)11-16-14-8-7-13(10-15(14)17(18)21-16)9-12-5-3-2-4-6-12/h2-8,10,16-18H,9,11H2,1H3. The first kappa shape index (κ1) is 15.2. The molecule has 0 aromatic heterocycles. The minimum atomic E-state index is -3.17. The van der Waals surface area contributed by atoms with Crippen LogP contribution in [0.2, 0.25) is 0 Å². The van der Waals surface area contributed by atoms with Gasteiger partial charge in [0.1, 0.15) is 15.9 Å². The zero-order chi connectivity index (χ0) is 15.7. The molecule has 5 heteroatoms. The summed E-state index contributed by atoms with van der Waals surface area (Å²) in [5.74, 6) is -0.116. The molecule has 0 fully saturated rings. The fraction of sp³-hybridized carbons (Fsp3) is 0.294. The van der Waals surface area contributed by atoms with E-state index in [4.69, 9.17) is 4.74 Å². The Balaban J connectivity index is 1.86. The minimum absolute atomic E-state index is 0.116. The molecule has 0 bridgehead atoms. The molecule has 1 aliphatic heterocycles. The molecule has 0 amide bonds. The van der Waals surface area contributed by atoms with Crippen LogP contribution >= 0.6 is 0 Å². The Morgan fingerprint density at radius 3 is 2.45 bits per heavy atom. The molecular formula is C17H18O4S. The lowest BCUT2D eigenvalue weighted by Gasteiger charge is -2.10. The molecule has 1 heterocycles. The van der Waals surface area contributed by atoms with E-state index in [1.165, 1.54) is 11.8 Å². The first-order chi connectivity index (χ1) is 10.4. The molecule has 0 spiro atoms. The lowest BCUT2D eigenvalue weighted by molar-refractivity contribution is -0.114. The summed E-state index contributed by atoms with van der Waals surface area (Å²) >= 11 is 0. The van der Waals surface area contributed by atoms with E-state index in [1.807, 2.05) is 48.5 Å². The molecule has 2 unspecified atom stereocenters. The summed E-state index contributed by atoms with van der Waals surface area (Å²) in [4.78, 5) is 0. The molecule has 116 valence electrons. The smallest absolute Gasteiger partial charge is 0.182 e. The summed E-state index contributed by atoms with van der Waals surface area (Å²) in [7, 11) is -3.17. The predicted molar refractivity (Wildman–Crippen MR) is 84.2 cm³/mol. The van der Waals surface area contributed by atoms with Crippen molar-refractivity contribution in [3.8, 4) is 0 Å². The predicted octanol–water partition coefficient (Wildman–Crippen LogP) is 2.38. The van der Waals surface area contributed by atoms with Gasteiger partial charge in [-0.05, 0) is 23.1 Å². The zero-order valence-electron chi connectivity index (χ0n) is 12.3. The molecule has 0 radical (unpaired) electrons. The van der Waals surface area contributed by atoms with Crippen LogP contribution in [0, 0.1) is 0 Å². The van der Waals surface area contributed by atoms with Crippen molar-refractivity contribution in [2.45, 2.75) is 18.8 Å². The zero-order valence-corrected chi connectivity index (χ0v) is 13.1. The van der Waals surface area contributed by atoms with Crippen molar-refractivity contribution in [2.24, 2.45) is 0 Å². The van der Waals surface area contributed by atoms with Gasteiger partial charge in [-0.2, -0.15) is 0 Å². The topological polar surface area (TPSA) is 63.6 Å². The van der Waals surface area contributed by atoms with Gasteiger partial charge in [-0.3, -0.25) is 0 Å². The van der Waals surface area contributed by atoms with Gasteiger partial charge in [0.25, 0.3) is 0 Å². The van der Waals surface area contributed by atoms with Crippen LogP contribution in [-0.2, 0) is 21.0 Å². The average Bonchev–Trinajstić information content (AvgIpc) is 2.74. The molecule has 2 aromatic rings. The molecule has 0 saturated carbocycles. The van der Waals surface area contributed by atoms with Crippen LogP contribution < -0.4 is 0 Å². The summed E-state index contributed by atoms with van der Waals surface area (Å²) in [6, 6.07) is 15.8. The third kappa shape index (κ3) is 3.38. The highest BCUT2D eigenvalue weighted by atomic mass is 32.2. The first-order valence-electron chi connectivity index (χ1n) is 7.10. The van der Waals surface area contributed by atoms with E-state index in [9.17, 15) is 13.5 Å². The number of aliphatic hydroxyl groups excluding tert-OH is 1. The highest BCUT2D eigenvalue weighted by Crippen LogP contribution is 2.38. The van der Waals surface area contributed by atoms with E-state index < -0.39 is 22.2 Å². The second-order valence-electron chi connectivity index (χ2n) is 5.70. The highest BCUT2D eigenvalue weighted by molar-refractivity contribution is 7.90. The fourth-order valence-electron chi connectivity index (χ4n) is 2.78.